The molecule has 2 rings (SSSR count). The summed E-state index contributed by atoms with van der Waals surface area (Å²) < 4.78 is 10.3. The van der Waals surface area contributed by atoms with Crippen LogP contribution in [0.25, 0.3) is 0 Å². The zero-order valence-electron chi connectivity index (χ0n) is 20.3. The fraction of sp³-hybridized carbons (Fsp3) is 0.400. The van der Waals surface area contributed by atoms with Gasteiger partial charge in [0.2, 0.25) is 5.91 Å². The Balaban J connectivity index is 2.26. The number of carbonyl (C=O) groups excluding carboxylic acids is 3. The van der Waals surface area contributed by atoms with E-state index in [4.69, 9.17) is 9.47 Å². The Morgan fingerprint density at radius 1 is 1.03 bits per heavy atom. The van der Waals surface area contributed by atoms with Crippen LogP contribution in [0.5, 0.6) is 5.75 Å². The standard InChI is InChI=1S/C25H33N3O5/c1-16-8-9-17(2)20(14-16)22(23(30)27-18-10-12-19(32-7)13-11-18)28(6)21(29)15-26-24(31)33-25(3,4)5/h8-14,22H,15H2,1-7H3,(H,26,31)(H,27,30). The molecule has 33 heavy (non-hydrogen) atoms. The van der Waals surface area contributed by atoms with Crippen molar-refractivity contribution in [3.63, 3.8) is 0 Å². The summed E-state index contributed by atoms with van der Waals surface area (Å²) in [6.45, 7) is 8.72. The highest BCUT2D eigenvalue weighted by molar-refractivity contribution is 5.98. The topological polar surface area (TPSA) is 97.0 Å². The molecular weight excluding hydrogens is 422 g/mol. The van der Waals surface area contributed by atoms with Gasteiger partial charge in [-0.3, -0.25) is 9.59 Å². The van der Waals surface area contributed by atoms with Crippen LogP contribution in [0.1, 0.15) is 43.5 Å². The molecule has 0 radical (unpaired) electrons. The summed E-state index contributed by atoms with van der Waals surface area (Å²) in [6.07, 6.45) is -0.699. The molecule has 0 saturated carbocycles. The van der Waals surface area contributed by atoms with E-state index in [9.17, 15) is 14.4 Å². The lowest BCUT2D eigenvalue weighted by atomic mass is 9.97. The smallest absolute Gasteiger partial charge is 0.408 e. The molecule has 3 amide bonds. The number of nitrogens with zero attached hydrogens (tertiary/aromatic N) is 1. The Morgan fingerprint density at radius 3 is 2.24 bits per heavy atom. The Hall–Kier alpha value is -3.55. The second-order valence-corrected chi connectivity index (χ2v) is 8.84. The van der Waals surface area contributed by atoms with Crippen molar-refractivity contribution in [2.45, 2.75) is 46.3 Å². The summed E-state index contributed by atoms with van der Waals surface area (Å²) in [6, 6.07) is 11.8. The first-order chi connectivity index (χ1) is 15.4. The number of hydrogen-bond acceptors (Lipinski definition) is 5. The van der Waals surface area contributed by atoms with Crippen LogP contribution in [0.2, 0.25) is 0 Å². The van der Waals surface area contributed by atoms with E-state index in [-0.39, 0.29) is 12.5 Å². The Bertz CT molecular complexity index is 996. The number of hydrogen-bond donors (Lipinski definition) is 2. The van der Waals surface area contributed by atoms with Gasteiger partial charge in [-0.05, 0) is 70.0 Å². The van der Waals surface area contributed by atoms with Crippen molar-refractivity contribution in [3.8, 4) is 5.75 Å². The normalized spacial score (nSPS) is 11.8. The minimum atomic E-state index is -0.903. The van der Waals surface area contributed by atoms with Crippen LogP contribution < -0.4 is 15.4 Å². The van der Waals surface area contributed by atoms with Gasteiger partial charge in [0.15, 0.2) is 0 Å². The zero-order chi connectivity index (χ0) is 24.8. The zero-order valence-corrected chi connectivity index (χ0v) is 20.3. The van der Waals surface area contributed by atoms with Gasteiger partial charge in [0.1, 0.15) is 23.9 Å². The van der Waals surface area contributed by atoms with Crippen molar-refractivity contribution < 1.29 is 23.9 Å². The number of likely N-dealkylation sites (N-methyl/N-ethyl adjacent to an activating group) is 1. The quantitative estimate of drug-likeness (QED) is 0.658. The number of benzene rings is 2. The van der Waals surface area contributed by atoms with Crippen molar-refractivity contribution in [1.29, 1.82) is 0 Å². The average Bonchev–Trinajstić information content (AvgIpc) is 2.73. The number of nitrogens with one attached hydrogen (secondary N) is 2. The summed E-state index contributed by atoms with van der Waals surface area (Å²) in [5.41, 5.74) is 2.43. The average molecular weight is 456 g/mol. The summed E-state index contributed by atoms with van der Waals surface area (Å²) in [5.74, 6) is -0.141. The number of anilines is 1. The van der Waals surface area contributed by atoms with Gasteiger partial charge in [0, 0.05) is 12.7 Å². The highest BCUT2D eigenvalue weighted by Crippen LogP contribution is 2.26. The summed E-state index contributed by atoms with van der Waals surface area (Å²) in [5, 5.41) is 5.33. The van der Waals surface area contributed by atoms with Crippen LogP contribution in [-0.2, 0) is 14.3 Å². The van der Waals surface area contributed by atoms with Gasteiger partial charge in [-0.25, -0.2) is 4.79 Å². The molecule has 0 bridgehead atoms. The molecule has 0 fully saturated rings. The third-order valence-electron chi connectivity index (χ3n) is 4.90. The van der Waals surface area contributed by atoms with Crippen molar-refractivity contribution in [2.24, 2.45) is 0 Å². The van der Waals surface area contributed by atoms with Crippen LogP contribution in [0, 0.1) is 13.8 Å². The van der Waals surface area contributed by atoms with Crippen molar-refractivity contribution in [3.05, 3.63) is 59.2 Å². The third kappa shape index (κ3) is 7.52. The summed E-state index contributed by atoms with van der Waals surface area (Å²) in [7, 11) is 3.11. The predicted molar refractivity (Wildman–Crippen MR) is 127 cm³/mol. The Labute approximate surface area is 195 Å². The molecule has 0 aromatic heterocycles. The maximum atomic E-state index is 13.4. The van der Waals surface area contributed by atoms with Crippen molar-refractivity contribution >= 4 is 23.6 Å². The van der Waals surface area contributed by atoms with E-state index >= 15 is 0 Å². The van der Waals surface area contributed by atoms with E-state index in [1.54, 1.807) is 59.2 Å². The van der Waals surface area contributed by atoms with E-state index in [1.807, 2.05) is 32.0 Å². The molecule has 8 nitrogen and oxygen atoms in total. The molecule has 2 aromatic carbocycles. The van der Waals surface area contributed by atoms with Crippen LogP contribution in [-0.4, -0.2) is 49.1 Å². The molecule has 2 aromatic rings. The number of aryl methyl sites for hydroxylation is 2. The molecule has 178 valence electrons. The highest BCUT2D eigenvalue weighted by Gasteiger charge is 2.30. The number of methoxy groups -OCH3 is 1. The molecule has 0 saturated heterocycles. The molecule has 0 aliphatic rings. The van der Waals surface area contributed by atoms with E-state index in [2.05, 4.69) is 10.6 Å². The first-order valence-electron chi connectivity index (χ1n) is 10.7. The fourth-order valence-corrected chi connectivity index (χ4v) is 3.20. The number of carbonyl (C=O) groups is 3. The predicted octanol–water partition coefficient (Wildman–Crippen LogP) is 3.97. The van der Waals surface area contributed by atoms with Gasteiger partial charge < -0.3 is 25.0 Å². The minimum Gasteiger partial charge on any atom is -0.497 e. The largest absolute Gasteiger partial charge is 0.497 e. The van der Waals surface area contributed by atoms with Crippen LogP contribution >= 0.6 is 0 Å². The number of ether oxygens (including phenoxy) is 2. The Morgan fingerprint density at radius 2 is 1.67 bits per heavy atom. The lowest BCUT2D eigenvalue weighted by Crippen LogP contribution is -2.44. The molecular formula is C25H33N3O5. The van der Waals surface area contributed by atoms with Gasteiger partial charge in [-0.2, -0.15) is 0 Å². The molecule has 2 N–H and O–H groups in total. The fourth-order valence-electron chi connectivity index (χ4n) is 3.20. The molecule has 0 aliphatic heterocycles. The molecule has 0 aliphatic carbocycles. The van der Waals surface area contributed by atoms with Crippen LogP contribution in [0.15, 0.2) is 42.5 Å². The first-order valence-corrected chi connectivity index (χ1v) is 10.7. The molecule has 8 heteroatoms. The van der Waals surface area contributed by atoms with Crippen LogP contribution in [0.4, 0.5) is 10.5 Å². The van der Waals surface area contributed by atoms with Gasteiger partial charge >= 0.3 is 6.09 Å². The van der Waals surface area contributed by atoms with E-state index in [1.165, 1.54) is 4.90 Å². The second-order valence-electron chi connectivity index (χ2n) is 8.84. The van der Waals surface area contributed by atoms with Gasteiger partial charge in [0.05, 0.1) is 7.11 Å². The number of amides is 3. The van der Waals surface area contributed by atoms with Crippen LogP contribution in [0.3, 0.4) is 0 Å². The molecule has 1 unspecified atom stereocenters. The molecule has 1 atom stereocenters. The van der Waals surface area contributed by atoms with E-state index < -0.39 is 23.6 Å². The maximum absolute atomic E-state index is 13.4. The summed E-state index contributed by atoms with van der Waals surface area (Å²) >= 11 is 0. The summed E-state index contributed by atoms with van der Waals surface area (Å²) in [4.78, 5) is 39.6. The third-order valence-corrected chi connectivity index (χ3v) is 4.90. The van der Waals surface area contributed by atoms with Crippen molar-refractivity contribution in [2.75, 3.05) is 26.0 Å². The Kier molecular flexibility index (Phi) is 8.45. The van der Waals surface area contributed by atoms with E-state index in [0.717, 1.165) is 11.1 Å². The lowest BCUT2D eigenvalue weighted by molar-refractivity contribution is -0.136. The maximum Gasteiger partial charge on any atom is 0.408 e. The second kappa shape index (κ2) is 10.8. The van der Waals surface area contributed by atoms with E-state index in [0.29, 0.717) is 17.0 Å². The number of alkyl carbamates (subject to hydrolysis) is 1. The monoisotopic (exact) mass is 455 g/mol. The SMILES string of the molecule is COc1ccc(NC(=O)C(c2cc(C)ccc2C)N(C)C(=O)CNC(=O)OC(C)(C)C)cc1. The number of rotatable bonds is 7. The minimum absolute atomic E-state index is 0.303. The molecule has 0 spiro atoms. The van der Waals surface area contributed by atoms with Gasteiger partial charge in [-0.1, -0.05) is 23.8 Å². The van der Waals surface area contributed by atoms with Gasteiger partial charge in [-0.15, -0.1) is 0 Å². The van der Waals surface area contributed by atoms with Gasteiger partial charge in [0.25, 0.3) is 5.91 Å². The molecule has 0 heterocycles. The van der Waals surface area contributed by atoms with Crippen molar-refractivity contribution in [1.82, 2.24) is 10.2 Å². The first kappa shape index (κ1) is 25.7. The lowest BCUT2D eigenvalue weighted by Gasteiger charge is -2.29. The highest BCUT2D eigenvalue weighted by atomic mass is 16.6.